The Morgan fingerprint density at radius 3 is 2.88 bits per heavy atom. The molecule has 0 saturated carbocycles. The number of nitriles is 1. The number of nitrogens with two attached hydrogens (primary N) is 1. The Morgan fingerprint density at radius 1 is 1.40 bits per heavy atom. The van der Waals surface area contributed by atoms with Crippen molar-refractivity contribution in [3.8, 4) is 6.07 Å². The Labute approximate surface area is 138 Å². The predicted octanol–water partition coefficient (Wildman–Crippen LogP) is 2.43. The van der Waals surface area contributed by atoms with E-state index in [0.717, 1.165) is 0 Å². The maximum atomic E-state index is 12.5. The number of hydrogen-bond acceptors (Lipinski definition) is 6. The van der Waals surface area contributed by atoms with Crippen LogP contribution in [0.4, 0.5) is 13.2 Å². The zero-order valence-electron chi connectivity index (χ0n) is 12.5. The lowest BCUT2D eigenvalue weighted by Crippen LogP contribution is -2.25. The first-order valence-corrected chi connectivity index (χ1v) is 6.94. The number of hydrazone groups is 1. The number of aromatic nitrogens is 3. The van der Waals surface area contributed by atoms with Crippen molar-refractivity contribution >= 4 is 33.9 Å². The fraction of sp³-hybridized carbons (Fsp3) is 0.133. The molecule has 2 heterocycles. The Morgan fingerprint density at radius 2 is 2.20 bits per heavy atom. The van der Waals surface area contributed by atoms with E-state index in [9.17, 15) is 13.2 Å². The molecule has 1 aromatic carbocycles. The molecule has 3 rings (SSSR count). The molecule has 3 N–H and O–H groups in total. The van der Waals surface area contributed by atoms with Crippen LogP contribution in [-0.2, 0) is 6.54 Å². The van der Waals surface area contributed by atoms with Gasteiger partial charge in [-0.2, -0.15) is 23.5 Å². The van der Waals surface area contributed by atoms with Gasteiger partial charge in [0, 0.05) is 5.39 Å². The molecule has 3 aromatic rings. The summed E-state index contributed by atoms with van der Waals surface area (Å²) >= 11 is 0. The van der Waals surface area contributed by atoms with Crippen LogP contribution in [0.1, 0.15) is 11.4 Å². The number of aliphatic imine (C=N–C) groups is 1. The second-order valence-electron chi connectivity index (χ2n) is 5.03. The predicted molar refractivity (Wildman–Crippen MR) is 86.0 cm³/mol. The van der Waals surface area contributed by atoms with Crippen molar-refractivity contribution in [3.05, 3.63) is 35.8 Å². The number of pyridine rings is 1. The van der Waals surface area contributed by atoms with Crippen LogP contribution in [0, 0.1) is 11.3 Å². The molecule has 0 bridgehead atoms. The number of benzene rings is 1. The van der Waals surface area contributed by atoms with E-state index in [0.29, 0.717) is 39.5 Å². The summed E-state index contributed by atoms with van der Waals surface area (Å²) in [6.45, 7) is -0.122. The second-order valence-corrected chi connectivity index (χ2v) is 5.03. The maximum Gasteiger partial charge on any atom is 0.436 e. The fourth-order valence-corrected chi connectivity index (χ4v) is 2.25. The van der Waals surface area contributed by atoms with Crippen LogP contribution in [0.15, 0.2) is 34.5 Å². The number of fused-ring (bicyclic) bond motifs is 3. The zero-order chi connectivity index (χ0) is 18.0. The van der Waals surface area contributed by atoms with Gasteiger partial charge in [-0.25, -0.2) is 4.98 Å². The van der Waals surface area contributed by atoms with E-state index in [1.165, 1.54) is 0 Å². The summed E-state index contributed by atoms with van der Waals surface area (Å²) in [5.74, 6) is 5.06. The Kier molecular flexibility index (Phi) is 4.06. The highest BCUT2D eigenvalue weighted by Gasteiger charge is 2.34. The highest BCUT2D eigenvalue weighted by Crippen LogP contribution is 2.23. The van der Waals surface area contributed by atoms with Gasteiger partial charge in [-0.1, -0.05) is 0 Å². The average Bonchev–Trinajstić information content (AvgIpc) is 3.00. The molecule has 7 nitrogen and oxygen atoms in total. The average molecular weight is 345 g/mol. The van der Waals surface area contributed by atoms with Gasteiger partial charge < -0.3 is 10.8 Å². The van der Waals surface area contributed by atoms with Gasteiger partial charge in [-0.05, 0) is 18.2 Å². The van der Waals surface area contributed by atoms with Crippen molar-refractivity contribution in [2.45, 2.75) is 12.7 Å². The molecule has 0 radical (unpaired) electrons. The summed E-state index contributed by atoms with van der Waals surface area (Å²) in [6, 6.07) is 7.04. The number of nitrogens with zero attached hydrogens (tertiary/aromatic N) is 5. The topological polar surface area (TPSA) is 116 Å². The van der Waals surface area contributed by atoms with Crippen LogP contribution in [0.5, 0.6) is 0 Å². The first-order valence-electron chi connectivity index (χ1n) is 6.94. The van der Waals surface area contributed by atoms with Gasteiger partial charge in [0.15, 0.2) is 5.71 Å². The minimum absolute atomic E-state index is 0.122. The van der Waals surface area contributed by atoms with Crippen molar-refractivity contribution in [3.63, 3.8) is 0 Å². The van der Waals surface area contributed by atoms with E-state index in [2.05, 4.69) is 25.0 Å². The summed E-state index contributed by atoms with van der Waals surface area (Å²) in [5.41, 5.74) is 0.988. The van der Waals surface area contributed by atoms with E-state index >= 15 is 0 Å². The van der Waals surface area contributed by atoms with Gasteiger partial charge in [-0.15, -0.1) is 0 Å². The third-order valence-corrected chi connectivity index (χ3v) is 3.38. The van der Waals surface area contributed by atoms with E-state index in [1.807, 2.05) is 6.07 Å². The molecule has 0 aliphatic carbocycles. The third kappa shape index (κ3) is 3.25. The Hall–Kier alpha value is -3.48. The molecule has 0 atom stereocenters. The van der Waals surface area contributed by atoms with Gasteiger partial charge in [0.05, 0.1) is 47.1 Å². The molecule has 0 aliphatic heterocycles. The van der Waals surface area contributed by atoms with Crippen molar-refractivity contribution < 1.29 is 13.2 Å². The summed E-state index contributed by atoms with van der Waals surface area (Å²) in [7, 11) is 0. The minimum Gasteiger partial charge on any atom is -0.339 e. The lowest BCUT2D eigenvalue weighted by molar-refractivity contribution is -0.0566. The Balaban J connectivity index is 1.94. The molecular formula is C15H10F3N7. The van der Waals surface area contributed by atoms with Crippen molar-refractivity contribution in [2.75, 3.05) is 0 Å². The molecule has 0 spiro atoms. The monoisotopic (exact) mass is 345 g/mol. The van der Waals surface area contributed by atoms with Gasteiger partial charge in [-0.3, -0.25) is 9.98 Å². The molecule has 0 amide bonds. The van der Waals surface area contributed by atoms with Gasteiger partial charge in [0.1, 0.15) is 5.82 Å². The SMILES string of the molecule is N#Cc1ccc2ncc3[nH]c(CN=CC(=NN)C(F)(F)F)nc3c2c1. The highest BCUT2D eigenvalue weighted by molar-refractivity contribution is 6.33. The number of rotatable bonds is 3. The van der Waals surface area contributed by atoms with E-state index in [4.69, 9.17) is 11.1 Å². The van der Waals surface area contributed by atoms with Gasteiger partial charge in [0.25, 0.3) is 0 Å². The highest BCUT2D eigenvalue weighted by atomic mass is 19.4. The summed E-state index contributed by atoms with van der Waals surface area (Å²) in [6.07, 6.45) is -2.55. The molecule has 126 valence electrons. The Bertz CT molecular complexity index is 1040. The van der Waals surface area contributed by atoms with Crippen molar-refractivity contribution in [1.29, 1.82) is 5.26 Å². The lowest BCUT2D eigenvalue weighted by Gasteiger charge is -2.02. The van der Waals surface area contributed by atoms with Gasteiger partial charge >= 0.3 is 6.18 Å². The molecule has 0 fully saturated rings. The van der Waals surface area contributed by atoms with E-state index in [-0.39, 0.29) is 6.54 Å². The van der Waals surface area contributed by atoms with Crippen LogP contribution in [0.25, 0.3) is 21.9 Å². The minimum atomic E-state index is -4.67. The molecule has 0 saturated heterocycles. The molecule has 2 aromatic heterocycles. The van der Waals surface area contributed by atoms with Crippen molar-refractivity contribution in [2.24, 2.45) is 15.9 Å². The first-order chi connectivity index (χ1) is 11.9. The van der Waals surface area contributed by atoms with Crippen LogP contribution in [0.3, 0.4) is 0 Å². The largest absolute Gasteiger partial charge is 0.436 e. The molecule has 0 unspecified atom stereocenters. The van der Waals surface area contributed by atoms with Crippen LogP contribution < -0.4 is 5.84 Å². The quantitative estimate of drug-likeness (QED) is 0.431. The van der Waals surface area contributed by atoms with Gasteiger partial charge in [0.2, 0.25) is 0 Å². The second kappa shape index (κ2) is 6.20. The normalized spacial score (nSPS) is 13.0. The first kappa shape index (κ1) is 16.4. The number of hydrogen-bond donors (Lipinski definition) is 2. The number of aromatic amines is 1. The summed E-state index contributed by atoms with van der Waals surface area (Å²) in [5, 5.41) is 12.3. The molecule has 0 aliphatic rings. The number of H-pyrrole nitrogens is 1. The standard InChI is InChI=1S/C15H10F3N7/c16-15(17,18)12(25-20)6-21-7-13-23-11-5-22-10-2-1-8(4-19)3-9(10)14(11)24-13/h1-3,5-6H,7,20H2,(H,23,24). The molecule has 25 heavy (non-hydrogen) atoms. The third-order valence-electron chi connectivity index (χ3n) is 3.38. The van der Waals surface area contributed by atoms with E-state index < -0.39 is 11.9 Å². The van der Waals surface area contributed by atoms with E-state index in [1.54, 1.807) is 24.4 Å². The van der Waals surface area contributed by atoms with Crippen LogP contribution >= 0.6 is 0 Å². The number of halogens is 3. The van der Waals surface area contributed by atoms with Crippen LogP contribution in [0.2, 0.25) is 0 Å². The molecule has 10 heteroatoms. The lowest BCUT2D eigenvalue weighted by atomic mass is 10.1. The number of nitrogens with one attached hydrogen (secondary N) is 1. The number of imidazole rings is 1. The van der Waals surface area contributed by atoms with Crippen LogP contribution in [-0.4, -0.2) is 33.1 Å². The fourth-order valence-electron chi connectivity index (χ4n) is 2.25. The zero-order valence-corrected chi connectivity index (χ0v) is 12.5. The molecular weight excluding hydrogens is 335 g/mol. The van der Waals surface area contributed by atoms with Crippen molar-refractivity contribution in [1.82, 2.24) is 15.0 Å². The smallest absolute Gasteiger partial charge is 0.339 e. The summed E-state index contributed by atoms with van der Waals surface area (Å²) < 4.78 is 37.5. The maximum absolute atomic E-state index is 12.5. The number of alkyl halides is 3. The summed E-state index contributed by atoms with van der Waals surface area (Å²) in [4.78, 5) is 15.2.